The second-order valence-electron chi connectivity index (χ2n) is 10.4. The predicted octanol–water partition coefficient (Wildman–Crippen LogP) is 1.78. The molecule has 0 bridgehead atoms. The fraction of sp³-hybridized carbons (Fsp3) is 0.355. The molecule has 2 amide bonds. The van der Waals surface area contributed by atoms with Gasteiger partial charge in [0.1, 0.15) is 12.0 Å². The van der Waals surface area contributed by atoms with Crippen LogP contribution in [-0.4, -0.2) is 74.2 Å². The van der Waals surface area contributed by atoms with Crippen LogP contribution in [0.5, 0.6) is 5.75 Å². The van der Waals surface area contributed by atoms with Gasteiger partial charge in [0.2, 0.25) is 0 Å². The van der Waals surface area contributed by atoms with Crippen LogP contribution in [0.3, 0.4) is 0 Å². The summed E-state index contributed by atoms with van der Waals surface area (Å²) in [5.41, 5.74) is 3.45. The number of phenols is 1. The predicted molar refractivity (Wildman–Crippen MR) is 150 cm³/mol. The molecule has 6 N–H and O–H groups in total. The summed E-state index contributed by atoms with van der Waals surface area (Å²) in [5.74, 6) is -1.28. The van der Waals surface area contributed by atoms with Crippen LogP contribution in [-0.2, 0) is 17.8 Å². The summed E-state index contributed by atoms with van der Waals surface area (Å²) in [7, 11) is 0. The number of benzene rings is 3. The van der Waals surface area contributed by atoms with Crippen molar-refractivity contribution in [2.75, 3.05) is 6.54 Å². The van der Waals surface area contributed by atoms with E-state index in [0.29, 0.717) is 12.1 Å². The first-order valence-electron chi connectivity index (χ1n) is 13.4. The Morgan fingerprint density at radius 1 is 0.975 bits per heavy atom. The number of rotatable bonds is 10. The third kappa shape index (κ3) is 6.86. The number of hydrogen-bond donors (Lipinski definition) is 6. The molecule has 1 unspecified atom stereocenters. The van der Waals surface area contributed by atoms with Gasteiger partial charge in [-0.15, -0.1) is 0 Å². The highest BCUT2D eigenvalue weighted by Crippen LogP contribution is 2.24. The van der Waals surface area contributed by atoms with Crippen LogP contribution >= 0.6 is 0 Å². The van der Waals surface area contributed by atoms with Gasteiger partial charge in [0, 0.05) is 24.2 Å². The average molecular weight is 548 g/mol. The standard InChI is InChI=1S/C31H37N3O6/c1-19-9-6-7-12-22(19)17-32-30(39)26-16-23(35)18-34(26)31(40)28(37)25(15-21-10-4-3-5-11-21)33-29(38)24-13-8-14-27(36)20(24)2/h3-14,23,25-26,28,30,32,35-37,39H,15-18H2,1-2H3,(H,33,38)/t23-,25+,26+,28+,30?/m1/s1. The van der Waals surface area contributed by atoms with E-state index in [2.05, 4.69) is 10.6 Å². The highest BCUT2D eigenvalue weighted by Gasteiger charge is 2.42. The van der Waals surface area contributed by atoms with Crippen molar-refractivity contribution in [3.63, 3.8) is 0 Å². The minimum Gasteiger partial charge on any atom is -0.508 e. The van der Waals surface area contributed by atoms with Crippen molar-refractivity contribution in [2.45, 2.75) is 63.8 Å². The minimum absolute atomic E-state index is 0.0371. The number of nitrogens with one attached hydrogen (secondary N) is 2. The van der Waals surface area contributed by atoms with Crippen molar-refractivity contribution < 1.29 is 30.0 Å². The normalized spacial score (nSPS) is 19.2. The lowest BCUT2D eigenvalue weighted by atomic mass is 9.98. The van der Waals surface area contributed by atoms with Crippen molar-refractivity contribution in [3.8, 4) is 5.75 Å². The molecular weight excluding hydrogens is 510 g/mol. The number of hydrogen-bond acceptors (Lipinski definition) is 7. The second kappa shape index (κ2) is 13.1. The topological polar surface area (TPSA) is 142 Å². The third-order valence-corrected chi connectivity index (χ3v) is 7.53. The maximum atomic E-state index is 13.6. The number of likely N-dealkylation sites (tertiary alicyclic amines) is 1. The van der Waals surface area contributed by atoms with Gasteiger partial charge in [0.15, 0.2) is 6.10 Å². The number of carbonyl (C=O) groups is 2. The van der Waals surface area contributed by atoms with Crippen LogP contribution in [0.15, 0.2) is 72.8 Å². The zero-order valence-corrected chi connectivity index (χ0v) is 22.7. The van der Waals surface area contributed by atoms with E-state index < -0.39 is 42.3 Å². The Morgan fingerprint density at radius 2 is 1.68 bits per heavy atom. The molecule has 0 saturated carbocycles. The molecule has 0 aliphatic carbocycles. The quantitative estimate of drug-likeness (QED) is 0.213. The van der Waals surface area contributed by atoms with Crippen LogP contribution in [0, 0.1) is 13.8 Å². The molecule has 9 nitrogen and oxygen atoms in total. The molecule has 0 spiro atoms. The lowest BCUT2D eigenvalue weighted by molar-refractivity contribution is -0.145. The van der Waals surface area contributed by atoms with E-state index in [1.54, 1.807) is 19.1 Å². The molecule has 9 heteroatoms. The number of aliphatic hydroxyl groups is 3. The number of nitrogens with zero attached hydrogens (tertiary/aromatic N) is 1. The summed E-state index contributed by atoms with van der Waals surface area (Å²) < 4.78 is 0. The van der Waals surface area contributed by atoms with Crippen molar-refractivity contribution in [1.29, 1.82) is 0 Å². The number of β-amino-alcohol motifs (C(OH)–C–C–N with tert-alkyl or cyclic N) is 1. The first kappa shape index (κ1) is 29.2. The minimum atomic E-state index is -1.65. The van der Waals surface area contributed by atoms with Crippen molar-refractivity contribution in [3.05, 3.63) is 101 Å². The monoisotopic (exact) mass is 547 g/mol. The van der Waals surface area contributed by atoms with Gasteiger partial charge in [-0.25, -0.2) is 0 Å². The number of amides is 2. The van der Waals surface area contributed by atoms with Gasteiger partial charge < -0.3 is 30.6 Å². The fourth-order valence-corrected chi connectivity index (χ4v) is 5.12. The Hall–Kier alpha value is -3.76. The number of aromatic hydroxyl groups is 1. The van der Waals surface area contributed by atoms with Crippen molar-refractivity contribution in [2.24, 2.45) is 0 Å². The lowest BCUT2D eigenvalue weighted by Gasteiger charge is -2.33. The number of aliphatic hydroxyl groups excluding tert-OH is 3. The largest absolute Gasteiger partial charge is 0.508 e. The van der Waals surface area contributed by atoms with E-state index in [1.807, 2.05) is 61.5 Å². The highest BCUT2D eigenvalue weighted by molar-refractivity contribution is 5.97. The van der Waals surface area contributed by atoms with Crippen molar-refractivity contribution >= 4 is 11.8 Å². The van der Waals surface area contributed by atoms with Crippen molar-refractivity contribution in [1.82, 2.24) is 15.5 Å². The van der Waals surface area contributed by atoms with Crippen LogP contribution in [0.1, 0.15) is 39.0 Å². The molecule has 3 aromatic rings. The average Bonchev–Trinajstić information content (AvgIpc) is 3.35. The number of aryl methyl sites for hydroxylation is 1. The Bertz CT molecular complexity index is 1320. The van der Waals surface area contributed by atoms with E-state index in [0.717, 1.165) is 16.7 Å². The van der Waals surface area contributed by atoms with Gasteiger partial charge in [-0.1, -0.05) is 60.7 Å². The molecule has 1 fully saturated rings. The number of phenolic OH excluding ortho intramolecular Hbond substituents is 1. The van der Waals surface area contributed by atoms with Gasteiger partial charge in [-0.3, -0.25) is 14.9 Å². The smallest absolute Gasteiger partial charge is 0.254 e. The summed E-state index contributed by atoms with van der Waals surface area (Å²) >= 11 is 0. The van der Waals surface area contributed by atoms with Gasteiger partial charge >= 0.3 is 0 Å². The summed E-state index contributed by atoms with van der Waals surface area (Å²) in [5, 5.41) is 48.5. The van der Waals surface area contributed by atoms with Crippen LogP contribution in [0.25, 0.3) is 0 Å². The Labute approximate surface area is 234 Å². The molecular formula is C31H37N3O6. The summed E-state index contributed by atoms with van der Waals surface area (Å²) in [6.07, 6.45) is -3.37. The second-order valence-corrected chi connectivity index (χ2v) is 10.4. The molecule has 1 aliphatic heterocycles. The molecule has 1 heterocycles. The van der Waals surface area contributed by atoms with Gasteiger partial charge in [0.05, 0.1) is 18.2 Å². The SMILES string of the molecule is Cc1ccccc1CNC(O)[C@@H]1C[C@@H](O)CN1C(=O)[C@@H](O)[C@H](Cc1ccccc1)NC(=O)c1cccc(O)c1C. The van der Waals surface area contributed by atoms with E-state index in [9.17, 15) is 30.0 Å². The molecule has 0 aromatic heterocycles. The maximum Gasteiger partial charge on any atom is 0.254 e. The Balaban J connectivity index is 1.52. The Morgan fingerprint density at radius 3 is 2.40 bits per heavy atom. The van der Waals surface area contributed by atoms with Gasteiger partial charge in [-0.2, -0.15) is 0 Å². The first-order valence-corrected chi connectivity index (χ1v) is 13.4. The van der Waals surface area contributed by atoms with Gasteiger partial charge in [0.25, 0.3) is 11.8 Å². The van der Waals surface area contributed by atoms with Crippen LogP contribution in [0.2, 0.25) is 0 Å². The molecule has 0 radical (unpaired) electrons. The van der Waals surface area contributed by atoms with E-state index in [4.69, 9.17) is 0 Å². The maximum absolute atomic E-state index is 13.6. The first-order chi connectivity index (χ1) is 19.2. The molecule has 3 aromatic carbocycles. The summed E-state index contributed by atoms with van der Waals surface area (Å²) in [4.78, 5) is 28.1. The summed E-state index contributed by atoms with van der Waals surface area (Å²) in [6, 6.07) is 19.7. The third-order valence-electron chi connectivity index (χ3n) is 7.53. The lowest BCUT2D eigenvalue weighted by Crippen LogP contribution is -2.56. The molecule has 40 heavy (non-hydrogen) atoms. The molecule has 4 rings (SSSR count). The van der Waals surface area contributed by atoms with E-state index >= 15 is 0 Å². The fourth-order valence-electron chi connectivity index (χ4n) is 5.12. The van der Waals surface area contributed by atoms with Gasteiger partial charge in [-0.05, 0) is 55.5 Å². The van der Waals surface area contributed by atoms with Crippen LogP contribution < -0.4 is 10.6 Å². The molecule has 5 atom stereocenters. The van der Waals surface area contributed by atoms with E-state index in [1.165, 1.54) is 11.0 Å². The zero-order chi connectivity index (χ0) is 28.8. The highest BCUT2D eigenvalue weighted by atomic mass is 16.3. The Kier molecular flexibility index (Phi) is 9.54. The zero-order valence-electron chi connectivity index (χ0n) is 22.7. The number of carbonyl (C=O) groups excluding carboxylic acids is 2. The molecule has 212 valence electrons. The van der Waals surface area contributed by atoms with E-state index in [-0.39, 0.29) is 30.7 Å². The molecule has 1 aliphatic rings. The summed E-state index contributed by atoms with van der Waals surface area (Å²) in [6.45, 7) is 3.89. The molecule has 1 saturated heterocycles. The van der Waals surface area contributed by atoms with Crippen LogP contribution in [0.4, 0.5) is 0 Å².